The molecule has 2 amide bonds. The van der Waals surface area contributed by atoms with Gasteiger partial charge in [0.05, 0.1) is 9.83 Å². The van der Waals surface area contributed by atoms with Crippen molar-refractivity contribution < 1.29 is 19.6 Å². The summed E-state index contributed by atoms with van der Waals surface area (Å²) >= 11 is 0.714. The summed E-state index contributed by atoms with van der Waals surface area (Å²) in [5.74, 6) is -0.938. The van der Waals surface area contributed by atoms with Crippen LogP contribution in [0.2, 0.25) is 0 Å². The molecule has 0 unspecified atom stereocenters. The molecule has 1 saturated heterocycles. The van der Waals surface area contributed by atoms with Crippen LogP contribution in [0.5, 0.6) is 5.75 Å². The van der Waals surface area contributed by atoms with Crippen LogP contribution >= 0.6 is 11.8 Å². The minimum Gasteiger partial charge on any atom is -0.872 e. The molecular weight excluding hydrogens is 284 g/mol. The average molecular weight is 293 g/mol. The van der Waals surface area contributed by atoms with Gasteiger partial charge in [0.1, 0.15) is 0 Å². The normalized spacial score (nSPS) is 17.1. The zero-order valence-electron chi connectivity index (χ0n) is 10.4. The van der Waals surface area contributed by atoms with E-state index in [9.17, 15) is 24.8 Å². The number of likely N-dealkylation sites (N-methyl/N-ethyl adjacent to an activating group) is 1. The standard InChI is InChI=1S/C12H10N2O5S/c1-2-13-11(16)10(20-12(13)17)6-7-5-8(14(18)19)3-4-9(7)15/h3-6,15H,2H2,1H3/p-1/b10-6+. The number of amides is 2. The van der Waals surface area contributed by atoms with Crippen molar-refractivity contribution in [1.82, 2.24) is 4.90 Å². The molecule has 0 N–H and O–H groups in total. The third-order valence-electron chi connectivity index (χ3n) is 2.68. The van der Waals surface area contributed by atoms with Crippen molar-refractivity contribution in [1.29, 1.82) is 0 Å². The maximum atomic E-state index is 11.9. The predicted octanol–water partition coefficient (Wildman–Crippen LogP) is 1.72. The Hall–Kier alpha value is -2.35. The fraction of sp³-hybridized carbons (Fsp3) is 0.167. The quantitative estimate of drug-likeness (QED) is 0.477. The first-order valence-electron chi connectivity index (χ1n) is 5.65. The largest absolute Gasteiger partial charge is 0.872 e. The lowest BCUT2D eigenvalue weighted by atomic mass is 10.1. The van der Waals surface area contributed by atoms with Crippen LogP contribution in [0, 0.1) is 10.1 Å². The van der Waals surface area contributed by atoms with Gasteiger partial charge in [0, 0.05) is 18.7 Å². The summed E-state index contributed by atoms with van der Waals surface area (Å²) in [6.45, 7) is 1.90. The SMILES string of the molecule is CCN1C(=O)S/C(=C/c2cc([N+](=O)[O-])ccc2[O-])C1=O. The molecule has 8 heteroatoms. The molecule has 0 bridgehead atoms. The molecule has 20 heavy (non-hydrogen) atoms. The van der Waals surface area contributed by atoms with E-state index in [4.69, 9.17) is 0 Å². The van der Waals surface area contributed by atoms with E-state index in [1.165, 1.54) is 6.08 Å². The molecule has 1 aromatic carbocycles. The Labute approximate surface area is 118 Å². The molecule has 0 spiro atoms. The van der Waals surface area contributed by atoms with Gasteiger partial charge >= 0.3 is 0 Å². The number of thioether (sulfide) groups is 1. The highest BCUT2D eigenvalue weighted by atomic mass is 32.2. The number of hydrogen-bond donors (Lipinski definition) is 0. The number of nitrogens with zero attached hydrogens (tertiary/aromatic N) is 2. The zero-order valence-corrected chi connectivity index (χ0v) is 11.2. The first-order valence-corrected chi connectivity index (χ1v) is 6.46. The smallest absolute Gasteiger partial charge is 0.293 e. The molecule has 1 aliphatic heterocycles. The van der Waals surface area contributed by atoms with Crippen LogP contribution < -0.4 is 5.11 Å². The van der Waals surface area contributed by atoms with Crippen molar-refractivity contribution in [2.45, 2.75) is 6.92 Å². The van der Waals surface area contributed by atoms with E-state index in [1.807, 2.05) is 0 Å². The van der Waals surface area contributed by atoms with Gasteiger partial charge in [-0.2, -0.15) is 0 Å². The van der Waals surface area contributed by atoms with Crippen molar-refractivity contribution >= 4 is 34.7 Å². The van der Waals surface area contributed by atoms with Gasteiger partial charge in [0.2, 0.25) is 0 Å². The van der Waals surface area contributed by atoms with E-state index in [0.29, 0.717) is 11.8 Å². The summed E-state index contributed by atoms with van der Waals surface area (Å²) in [5, 5.41) is 21.9. The average Bonchev–Trinajstić information content (AvgIpc) is 2.66. The van der Waals surface area contributed by atoms with Gasteiger partial charge in [-0.25, -0.2) is 0 Å². The van der Waals surface area contributed by atoms with Crippen LogP contribution in [0.4, 0.5) is 10.5 Å². The van der Waals surface area contributed by atoms with Gasteiger partial charge in [-0.3, -0.25) is 24.6 Å². The van der Waals surface area contributed by atoms with Crippen molar-refractivity contribution in [2.75, 3.05) is 6.54 Å². The van der Waals surface area contributed by atoms with E-state index in [0.717, 1.165) is 23.1 Å². The molecule has 7 nitrogen and oxygen atoms in total. The lowest BCUT2D eigenvalue weighted by Crippen LogP contribution is -2.27. The van der Waals surface area contributed by atoms with E-state index in [2.05, 4.69) is 0 Å². The fourth-order valence-electron chi connectivity index (χ4n) is 1.68. The summed E-state index contributed by atoms with van der Waals surface area (Å²) in [6.07, 6.45) is 1.22. The predicted molar refractivity (Wildman–Crippen MR) is 70.9 cm³/mol. The number of non-ortho nitro benzene ring substituents is 1. The summed E-state index contributed by atoms with van der Waals surface area (Å²) < 4.78 is 0. The highest BCUT2D eigenvalue weighted by Gasteiger charge is 2.33. The van der Waals surface area contributed by atoms with Crippen LogP contribution in [0.15, 0.2) is 23.1 Å². The van der Waals surface area contributed by atoms with E-state index < -0.39 is 21.8 Å². The highest BCUT2D eigenvalue weighted by Crippen LogP contribution is 2.33. The lowest BCUT2D eigenvalue weighted by Gasteiger charge is -2.10. The van der Waals surface area contributed by atoms with Crippen LogP contribution in [0.3, 0.4) is 0 Å². The molecule has 0 atom stereocenters. The Bertz CT molecular complexity index is 641. The second kappa shape index (κ2) is 5.33. The van der Waals surface area contributed by atoms with Gasteiger partial charge in [-0.05, 0) is 30.3 Å². The number of nitro benzene ring substituents is 1. The van der Waals surface area contributed by atoms with Crippen LogP contribution in [0.1, 0.15) is 12.5 Å². The van der Waals surface area contributed by atoms with Gasteiger partial charge in [-0.15, -0.1) is 5.75 Å². The van der Waals surface area contributed by atoms with Crippen LogP contribution in [-0.4, -0.2) is 27.5 Å². The fourth-order valence-corrected chi connectivity index (χ4v) is 2.57. The molecule has 0 saturated carbocycles. The molecule has 0 aromatic heterocycles. The Morgan fingerprint density at radius 1 is 1.40 bits per heavy atom. The van der Waals surface area contributed by atoms with Crippen molar-refractivity contribution in [2.24, 2.45) is 0 Å². The topological polar surface area (TPSA) is 104 Å². The van der Waals surface area contributed by atoms with Crippen molar-refractivity contribution in [3.05, 3.63) is 38.8 Å². The molecule has 0 aliphatic carbocycles. The number of nitro groups is 1. The number of hydrogen-bond acceptors (Lipinski definition) is 6. The van der Waals surface area contributed by atoms with Crippen LogP contribution in [-0.2, 0) is 4.79 Å². The minimum absolute atomic E-state index is 0.0146. The maximum absolute atomic E-state index is 11.9. The molecule has 104 valence electrons. The lowest BCUT2D eigenvalue weighted by molar-refractivity contribution is -0.385. The summed E-state index contributed by atoms with van der Waals surface area (Å²) in [6, 6.07) is 3.24. The Morgan fingerprint density at radius 3 is 2.65 bits per heavy atom. The first kappa shape index (κ1) is 14.1. The van der Waals surface area contributed by atoms with E-state index in [1.54, 1.807) is 6.92 Å². The summed E-state index contributed by atoms with van der Waals surface area (Å²) in [5.41, 5.74) is -0.230. The van der Waals surface area contributed by atoms with Gasteiger partial charge in [0.15, 0.2) is 0 Å². The first-order chi connectivity index (χ1) is 9.43. The van der Waals surface area contributed by atoms with Gasteiger partial charge in [-0.1, -0.05) is 6.07 Å². The van der Waals surface area contributed by atoms with E-state index in [-0.39, 0.29) is 22.7 Å². The maximum Gasteiger partial charge on any atom is 0.293 e. The number of carbonyl (C=O) groups excluding carboxylic acids is 2. The van der Waals surface area contributed by atoms with Crippen LogP contribution in [0.25, 0.3) is 6.08 Å². The Kier molecular flexibility index (Phi) is 3.75. The summed E-state index contributed by atoms with van der Waals surface area (Å²) in [7, 11) is 0. The third kappa shape index (κ3) is 2.50. The van der Waals surface area contributed by atoms with E-state index >= 15 is 0 Å². The Morgan fingerprint density at radius 2 is 2.10 bits per heavy atom. The van der Waals surface area contributed by atoms with Gasteiger partial charge < -0.3 is 5.11 Å². The molecule has 0 radical (unpaired) electrons. The second-order valence-electron chi connectivity index (χ2n) is 3.91. The highest BCUT2D eigenvalue weighted by molar-refractivity contribution is 8.18. The molecule has 1 heterocycles. The van der Waals surface area contributed by atoms with Crippen molar-refractivity contribution in [3.8, 4) is 5.75 Å². The molecule has 2 rings (SSSR count). The second-order valence-corrected chi connectivity index (χ2v) is 4.90. The molecular formula is C12H9N2O5S-. The van der Waals surface area contributed by atoms with Crippen molar-refractivity contribution in [3.63, 3.8) is 0 Å². The number of carbonyl (C=O) groups is 2. The third-order valence-corrected chi connectivity index (χ3v) is 3.59. The molecule has 1 aromatic rings. The number of benzene rings is 1. The number of imide groups is 1. The molecule has 1 fully saturated rings. The van der Waals surface area contributed by atoms with Gasteiger partial charge in [0.25, 0.3) is 16.8 Å². The summed E-state index contributed by atoms with van der Waals surface area (Å²) in [4.78, 5) is 34.5. The monoisotopic (exact) mass is 293 g/mol. The zero-order chi connectivity index (χ0) is 14.9. The number of rotatable bonds is 3. The Balaban J connectivity index is 2.41. The minimum atomic E-state index is -0.630. The molecule has 1 aliphatic rings.